The summed E-state index contributed by atoms with van der Waals surface area (Å²) in [4.78, 5) is 0.166. The van der Waals surface area contributed by atoms with Gasteiger partial charge in [-0.05, 0) is 36.1 Å². The highest BCUT2D eigenvalue weighted by atomic mass is 32.2. The topological polar surface area (TPSA) is 64.6 Å². The van der Waals surface area contributed by atoms with Crippen LogP contribution in [0.3, 0.4) is 0 Å². The van der Waals surface area contributed by atoms with E-state index in [9.17, 15) is 8.42 Å². The van der Waals surface area contributed by atoms with Crippen molar-refractivity contribution in [3.63, 3.8) is 0 Å². The summed E-state index contributed by atoms with van der Waals surface area (Å²) in [6, 6.07) is 12.3. The third kappa shape index (κ3) is 3.04. The van der Waals surface area contributed by atoms with Gasteiger partial charge >= 0.3 is 0 Å². The highest BCUT2D eigenvalue weighted by Crippen LogP contribution is 2.33. The van der Waals surface area contributed by atoms with Crippen LogP contribution < -0.4 is 14.2 Å². The number of sulfonamides is 1. The van der Waals surface area contributed by atoms with Crippen LogP contribution in [0.5, 0.6) is 11.5 Å². The molecule has 23 heavy (non-hydrogen) atoms. The second-order valence-electron chi connectivity index (χ2n) is 5.43. The predicted octanol–water partition coefficient (Wildman–Crippen LogP) is 2.67. The highest BCUT2D eigenvalue weighted by Gasteiger charge is 2.27. The van der Waals surface area contributed by atoms with Crippen LogP contribution in [0.1, 0.15) is 23.6 Å². The quantitative estimate of drug-likeness (QED) is 0.914. The molecular weight excluding hydrogens is 314 g/mol. The first-order valence-electron chi connectivity index (χ1n) is 7.37. The summed E-state index contributed by atoms with van der Waals surface area (Å²) in [5.41, 5.74) is 2.25. The summed E-state index contributed by atoms with van der Waals surface area (Å²) >= 11 is 0. The molecule has 1 aliphatic rings. The molecular formula is C17H19NO4S. The minimum atomic E-state index is -3.63. The van der Waals surface area contributed by atoms with Gasteiger partial charge in [-0.2, -0.15) is 0 Å². The van der Waals surface area contributed by atoms with Crippen LogP contribution >= 0.6 is 0 Å². The fraction of sp³-hybridized carbons (Fsp3) is 0.294. The maximum Gasteiger partial charge on any atom is 0.241 e. The lowest BCUT2D eigenvalue weighted by Gasteiger charge is -2.15. The number of aryl methyl sites for hydroxylation is 1. The minimum absolute atomic E-state index is 0.166. The van der Waals surface area contributed by atoms with E-state index in [0.717, 1.165) is 18.4 Å². The fourth-order valence-electron chi connectivity index (χ4n) is 2.92. The van der Waals surface area contributed by atoms with E-state index < -0.39 is 10.0 Å². The van der Waals surface area contributed by atoms with Crippen LogP contribution in [0.2, 0.25) is 0 Å². The lowest BCUT2D eigenvalue weighted by molar-refractivity contribution is 0.354. The summed E-state index contributed by atoms with van der Waals surface area (Å²) in [5.74, 6) is 0.889. The zero-order valence-electron chi connectivity index (χ0n) is 13.1. The van der Waals surface area contributed by atoms with E-state index in [1.54, 1.807) is 6.07 Å². The lowest BCUT2D eigenvalue weighted by atomic mass is 10.1. The summed E-state index contributed by atoms with van der Waals surface area (Å²) in [6.07, 6.45) is 1.65. The van der Waals surface area contributed by atoms with Crippen molar-refractivity contribution < 1.29 is 17.9 Å². The van der Waals surface area contributed by atoms with Crippen LogP contribution in [0.25, 0.3) is 0 Å². The molecule has 0 aromatic heterocycles. The second kappa shape index (κ2) is 6.22. The van der Waals surface area contributed by atoms with Crippen LogP contribution in [-0.2, 0) is 16.4 Å². The first kappa shape index (κ1) is 15.8. The van der Waals surface area contributed by atoms with E-state index >= 15 is 0 Å². The molecule has 122 valence electrons. The molecule has 2 aromatic carbocycles. The Balaban J connectivity index is 1.88. The van der Waals surface area contributed by atoms with Crippen LogP contribution in [0.15, 0.2) is 47.4 Å². The summed E-state index contributed by atoms with van der Waals surface area (Å²) in [6.45, 7) is 0. The van der Waals surface area contributed by atoms with Gasteiger partial charge in [-0.3, -0.25) is 0 Å². The molecule has 0 saturated heterocycles. The summed E-state index contributed by atoms with van der Waals surface area (Å²) in [7, 11) is -0.635. The average molecular weight is 333 g/mol. The molecule has 5 nitrogen and oxygen atoms in total. The van der Waals surface area contributed by atoms with E-state index in [0.29, 0.717) is 11.5 Å². The van der Waals surface area contributed by atoms with Gasteiger partial charge in [0.15, 0.2) is 11.5 Å². The zero-order valence-corrected chi connectivity index (χ0v) is 13.9. The molecule has 2 aromatic rings. The molecule has 0 amide bonds. The number of nitrogens with one attached hydrogen (secondary N) is 1. The van der Waals surface area contributed by atoms with E-state index in [4.69, 9.17) is 9.47 Å². The van der Waals surface area contributed by atoms with Gasteiger partial charge in [-0.25, -0.2) is 13.1 Å². The number of fused-ring (bicyclic) bond motifs is 1. The second-order valence-corrected chi connectivity index (χ2v) is 7.14. The third-order valence-electron chi connectivity index (χ3n) is 4.10. The highest BCUT2D eigenvalue weighted by molar-refractivity contribution is 7.89. The number of hydrogen-bond acceptors (Lipinski definition) is 4. The average Bonchev–Trinajstić information content (AvgIpc) is 2.96. The zero-order chi connectivity index (χ0) is 16.4. The van der Waals surface area contributed by atoms with Crippen molar-refractivity contribution in [2.24, 2.45) is 0 Å². The van der Waals surface area contributed by atoms with Gasteiger partial charge in [0.05, 0.1) is 19.1 Å². The van der Waals surface area contributed by atoms with Gasteiger partial charge in [-0.1, -0.05) is 24.3 Å². The van der Waals surface area contributed by atoms with Gasteiger partial charge in [-0.15, -0.1) is 0 Å². The molecule has 0 aliphatic heterocycles. The number of hydrogen-bond donors (Lipinski definition) is 1. The Morgan fingerprint density at radius 1 is 1.04 bits per heavy atom. The molecule has 1 N–H and O–H groups in total. The minimum Gasteiger partial charge on any atom is -0.493 e. The van der Waals surface area contributed by atoms with E-state index in [2.05, 4.69) is 4.72 Å². The molecule has 0 unspecified atom stereocenters. The van der Waals surface area contributed by atoms with Crippen molar-refractivity contribution in [3.8, 4) is 11.5 Å². The molecule has 0 heterocycles. The number of rotatable bonds is 5. The Morgan fingerprint density at radius 2 is 1.78 bits per heavy atom. The van der Waals surface area contributed by atoms with Crippen molar-refractivity contribution in [2.75, 3.05) is 14.2 Å². The van der Waals surface area contributed by atoms with Crippen molar-refractivity contribution in [1.29, 1.82) is 0 Å². The van der Waals surface area contributed by atoms with Gasteiger partial charge in [0.2, 0.25) is 10.0 Å². The van der Waals surface area contributed by atoms with Crippen LogP contribution in [0, 0.1) is 0 Å². The van der Waals surface area contributed by atoms with E-state index in [-0.39, 0.29) is 10.9 Å². The van der Waals surface area contributed by atoms with Gasteiger partial charge in [0.25, 0.3) is 0 Å². The molecule has 0 radical (unpaired) electrons. The Morgan fingerprint density at radius 3 is 2.52 bits per heavy atom. The molecule has 0 saturated carbocycles. The lowest BCUT2D eigenvalue weighted by Crippen LogP contribution is -2.27. The summed E-state index contributed by atoms with van der Waals surface area (Å²) in [5, 5.41) is 0. The molecule has 1 atom stereocenters. The van der Waals surface area contributed by atoms with Gasteiger partial charge in [0, 0.05) is 12.1 Å². The van der Waals surface area contributed by atoms with Crippen molar-refractivity contribution >= 4 is 10.0 Å². The van der Waals surface area contributed by atoms with Crippen molar-refractivity contribution in [3.05, 3.63) is 53.6 Å². The molecule has 1 aliphatic carbocycles. The number of methoxy groups -OCH3 is 2. The van der Waals surface area contributed by atoms with E-state index in [1.165, 1.54) is 31.9 Å². The molecule has 0 fully saturated rings. The number of benzene rings is 2. The number of ether oxygens (including phenoxy) is 2. The largest absolute Gasteiger partial charge is 0.493 e. The SMILES string of the molecule is COc1ccc(S(=O)(=O)N[C@@H]2CCc3ccccc32)cc1OC. The third-order valence-corrected chi connectivity index (χ3v) is 5.56. The molecule has 0 spiro atoms. The predicted molar refractivity (Wildman–Crippen MR) is 87.4 cm³/mol. The normalized spacial score (nSPS) is 16.9. The Hall–Kier alpha value is -2.05. The van der Waals surface area contributed by atoms with Crippen LogP contribution in [0.4, 0.5) is 0 Å². The Kier molecular flexibility index (Phi) is 4.28. The van der Waals surface area contributed by atoms with Crippen molar-refractivity contribution in [2.45, 2.75) is 23.8 Å². The fourth-order valence-corrected chi connectivity index (χ4v) is 4.18. The monoisotopic (exact) mass is 333 g/mol. The van der Waals surface area contributed by atoms with Gasteiger partial charge < -0.3 is 9.47 Å². The maximum atomic E-state index is 12.7. The van der Waals surface area contributed by atoms with Crippen LogP contribution in [-0.4, -0.2) is 22.6 Å². The van der Waals surface area contributed by atoms with E-state index in [1.807, 2.05) is 24.3 Å². The molecule has 6 heteroatoms. The molecule has 3 rings (SSSR count). The maximum absolute atomic E-state index is 12.7. The molecule has 0 bridgehead atoms. The first-order chi connectivity index (χ1) is 11.0. The smallest absolute Gasteiger partial charge is 0.241 e. The standard InChI is InChI=1S/C17H19NO4S/c1-21-16-10-8-13(11-17(16)22-2)23(19,20)18-15-9-7-12-5-3-4-6-14(12)15/h3-6,8,10-11,15,18H,7,9H2,1-2H3/t15-/m1/s1. The van der Waals surface area contributed by atoms with Gasteiger partial charge in [0.1, 0.15) is 0 Å². The first-order valence-corrected chi connectivity index (χ1v) is 8.85. The Labute approximate surface area is 136 Å². The Bertz CT molecular complexity index is 817. The summed E-state index contributed by atoms with van der Waals surface area (Å²) < 4.78 is 38.4. The van der Waals surface area contributed by atoms with Crippen molar-refractivity contribution in [1.82, 2.24) is 4.72 Å².